The van der Waals surface area contributed by atoms with Crippen LogP contribution in [0.1, 0.15) is 39.0 Å². The van der Waals surface area contributed by atoms with Crippen LogP contribution in [0.3, 0.4) is 0 Å². The van der Waals surface area contributed by atoms with Crippen molar-refractivity contribution < 1.29 is 4.39 Å². The van der Waals surface area contributed by atoms with Gasteiger partial charge in [0.15, 0.2) is 11.6 Å². The number of nitrogens with one attached hydrogen (secondary N) is 2. The van der Waals surface area contributed by atoms with Crippen molar-refractivity contribution in [2.24, 2.45) is 0 Å². The summed E-state index contributed by atoms with van der Waals surface area (Å²) in [6, 6.07) is 0.321. The van der Waals surface area contributed by atoms with E-state index in [1.807, 2.05) is 11.8 Å². The molecule has 1 aliphatic carbocycles. The van der Waals surface area contributed by atoms with Crippen LogP contribution in [-0.4, -0.2) is 34.1 Å². The maximum atomic E-state index is 13.8. The van der Waals surface area contributed by atoms with Crippen molar-refractivity contribution in [3.63, 3.8) is 0 Å². The molecule has 0 spiro atoms. The van der Waals surface area contributed by atoms with Crippen LogP contribution in [0.15, 0.2) is 6.20 Å². The summed E-state index contributed by atoms with van der Waals surface area (Å²) in [5, 5.41) is 7.07. The molecule has 1 aliphatic rings. The van der Waals surface area contributed by atoms with E-state index in [9.17, 15) is 4.39 Å². The third-order valence-electron chi connectivity index (χ3n) is 3.63. The summed E-state index contributed by atoms with van der Waals surface area (Å²) < 4.78 is 13.8. The monoisotopic (exact) mass is 298 g/mol. The average molecular weight is 298 g/mol. The number of rotatable bonds is 6. The molecule has 6 heteroatoms. The zero-order valence-electron chi connectivity index (χ0n) is 12.2. The van der Waals surface area contributed by atoms with E-state index in [-0.39, 0.29) is 5.82 Å². The van der Waals surface area contributed by atoms with Gasteiger partial charge in [-0.1, -0.05) is 6.92 Å². The van der Waals surface area contributed by atoms with Crippen molar-refractivity contribution in [1.82, 2.24) is 9.97 Å². The second-order valence-electron chi connectivity index (χ2n) is 5.17. The maximum absolute atomic E-state index is 13.8. The molecule has 1 aromatic rings. The molecule has 112 valence electrons. The summed E-state index contributed by atoms with van der Waals surface area (Å²) in [4.78, 5) is 8.18. The Labute approximate surface area is 124 Å². The van der Waals surface area contributed by atoms with E-state index >= 15 is 0 Å². The van der Waals surface area contributed by atoms with Crippen LogP contribution in [0, 0.1) is 5.82 Å². The first-order chi connectivity index (χ1) is 9.72. The van der Waals surface area contributed by atoms with E-state index in [2.05, 4.69) is 33.8 Å². The number of anilines is 2. The fourth-order valence-corrected chi connectivity index (χ4v) is 3.17. The number of halogens is 1. The highest BCUT2D eigenvalue weighted by Gasteiger charge is 2.21. The predicted octanol–water partition coefficient (Wildman–Crippen LogP) is 3.52. The molecule has 20 heavy (non-hydrogen) atoms. The van der Waals surface area contributed by atoms with Gasteiger partial charge in [-0.25, -0.2) is 9.37 Å². The van der Waals surface area contributed by atoms with Crippen LogP contribution < -0.4 is 10.6 Å². The molecular weight excluding hydrogens is 275 g/mol. The van der Waals surface area contributed by atoms with Gasteiger partial charge in [0.25, 0.3) is 0 Å². The Morgan fingerprint density at radius 3 is 2.75 bits per heavy atom. The minimum Gasteiger partial charge on any atom is -0.365 e. The molecule has 0 radical (unpaired) electrons. The smallest absolute Gasteiger partial charge is 0.224 e. The zero-order chi connectivity index (χ0) is 14.4. The Hall–Kier alpha value is -1.04. The summed E-state index contributed by atoms with van der Waals surface area (Å²) in [5.74, 6) is 0.443. The lowest BCUT2D eigenvalue weighted by Gasteiger charge is -2.28. The van der Waals surface area contributed by atoms with E-state index in [0.717, 1.165) is 31.1 Å². The quantitative estimate of drug-likeness (QED) is 0.841. The van der Waals surface area contributed by atoms with Crippen molar-refractivity contribution >= 4 is 23.5 Å². The molecule has 1 aromatic heterocycles. The largest absolute Gasteiger partial charge is 0.365 e. The molecule has 2 rings (SSSR count). The predicted molar refractivity (Wildman–Crippen MR) is 84.0 cm³/mol. The number of nitrogens with zero attached hydrogens (tertiary/aromatic N) is 2. The van der Waals surface area contributed by atoms with Gasteiger partial charge in [0.2, 0.25) is 5.95 Å². The fourth-order valence-electron chi connectivity index (χ4n) is 2.43. The topological polar surface area (TPSA) is 49.8 Å². The first-order valence-electron chi connectivity index (χ1n) is 7.28. The Morgan fingerprint density at radius 1 is 1.35 bits per heavy atom. The first kappa shape index (κ1) is 15.4. The van der Waals surface area contributed by atoms with Crippen LogP contribution >= 0.6 is 11.8 Å². The van der Waals surface area contributed by atoms with E-state index in [1.54, 1.807) is 0 Å². The third-order valence-corrected chi connectivity index (χ3v) is 4.76. The molecule has 2 N–H and O–H groups in total. The second-order valence-corrected chi connectivity index (χ2v) is 6.31. The molecule has 0 atom stereocenters. The zero-order valence-corrected chi connectivity index (χ0v) is 13.0. The van der Waals surface area contributed by atoms with Gasteiger partial charge in [0, 0.05) is 17.8 Å². The van der Waals surface area contributed by atoms with Gasteiger partial charge in [-0.3, -0.25) is 0 Å². The number of hydrogen-bond donors (Lipinski definition) is 2. The molecule has 0 saturated heterocycles. The summed E-state index contributed by atoms with van der Waals surface area (Å²) in [5.41, 5.74) is 0. The summed E-state index contributed by atoms with van der Waals surface area (Å²) in [6.45, 7) is 2.86. The van der Waals surface area contributed by atoms with Crippen LogP contribution in [0.4, 0.5) is 16.2 Å². The van der Waals surface area contributed by atoms with Crippen LogP contribution in [-0.2, 0) is 0 Å². The van der Waals surface area contributed by atoms with Gasteiger partial charge in [0.1, 0.15) is 0 Å². The van der Waals surface area contributed by atoms with Crippen molar-refractivity contribution in [2.45, 2.75) is 50.3 Å². The van der Waals surface area contributed by atoms with Gasteiger partial charge in [-0.05, 0) is 38.4 Å². The third kappa shape index (κ3) is 4.23. The molecule has 1 heterocycles. The number of aromatic nitrogens is 2. The minimum absolute atomic E-state index is 0.321. The van der Waals surface area contributed by atoms with Gasteiger partial charge in [0.05, 0.1) is 6.20 Å². The Balaban J connectivity index is 1.94. The summed E-state index contributed by atoms with van der Waals surface area (Å²) >= 11 is 1.93. The molecule has 0 unspecified atom stereocenters. The Kier molecular flexibility index (Phi) is 5.88. The van der Waals surface area contributed by atoms with Gasteiger partial charge in [-0.2, -0.15) is 16.7 Å². The normalized spacial score (nSPS) is 22.6. The molecular formula is C14H23FN4S. The molecule has 1 fully saturated rings. The molecule has 0 aliphatic heterocycles. The highest BCUT2D eigenvalue weighted by molar-refractivity contribution is 7.99. The molecule has 1 saturated carbocycles. The van der Waals surface area contributed by atoms with Crippen LogP contribution in [0.2, 0.25) is 0 Å². The highest BCUT2D eigenvalue weighted by atomic mass is 32.2. The van der Waals surface area contributed by atoms with Crippen molar-refractivity contribution in [3.05, 3.63) is 12.0 Å². The van der Waals surface area contributed by atoms with E-state index in [1.165, 1.54) is 19.0 Å². The average Bonchev–Trinajstić information content (AvgIpc) is 2.49. The summed E-state index contributed by atoms with van der Waals surface area (Å²) in [7, 11) is 0. The maximum Gasteiger partial charge on any atom is 0.224 e. The fraction of sp³-hybridized carbons (Fsp3) is 0.714. The summed E-state index contributed by atoms with van der Waals surface area (Å²) in [6.07, 6.45) is 8.91. The Morgan fingerprint density at radius 2 is 2.10 bits per heavy atom. The van der Waals surface area contributed by atoms with Crippen molar-refractivity contribution in [3.8, 4) is 0 Å². The molecule has 4 nitrogen and oxygen atoms in total. The standard InChI is InChI=1S/C14H23FN4S/c1-3-8-16-14-17-9-12(15)13(19-14)18-10-4-6-11(20-2)7-5-10/h9-11H,3-8H2,1-2H3,(H2,16,17,18,19). The van der Waals surface area contributed by atoms with Crippen molar-refractivity contribution in [1.29, 1.82) is 0 Å². The van der Waals surface area contributed by atoms with Crippen LogP contribution in [0.5, 0.6) is 0 Å². The highest BCUT2D eigenvalue weighted by Crippen LogP contribution is 2.28. The van der Waals surface area contributed by atoms with Crippen molar-refractivity contribution in [2.75, 3.05) is 23.4 Å². The lowest BCUT2D eigenvalue weighted by atomic mass is 9.95. The number of hydrogen-bond acceptors (Lipinski definition) is 5. The SMILES string of the molecule is CCCNc1ncc(F)c(NC2CCC(SC)CC2)n1. The number of thioether (sulfide) groups is 1. The lowest BCUT2D eigenvalue weighted by Crippen LogP contribution is -2.28. The van der Waals surface area contributed by atoms with Crippen LogP contribution in [0.25, 0.3) is 0 Å². The lowest BCUT2D eigenvalue weighted by molar-refractivity contribution is 0.469. The van der Waals surface area contributed by atoms with Gasteiger partial charge < -0.3 is 10.6 Å². The van der Waals surface area contributed by atoms with E-state index in [0.29, 0.717) is 17.8 Å². The Bertz CT molecular complexity index is 422. The molecule has 0 aromatic carbocycles. The van der Waals surface area contributed by atoms with E-state index < -0.39 is 0 Å². The van der Waals surface area contributed by atoms with E-state index in [4.69, 9.17) is 0 Å². The second kappa shape index (κ2) is 7.67. The van der Waals surface area contributed by atoms with Gasteiger partial charge >= 0.3 is 0 Å². The minimum atomic E-state index is -0.376. The molecule has 0 amide bonds. The first-order valence-corrected chi connectivity index (χ1v) is 8.57. The van der Waals surface area contributed by atoms with Gasteiger partial charge in [-0.15, -0.1) is 0 Å². The molecule has 0 bridgehead atoms.